The molecule has 1 aromatic rings. The number of primary amides is 1. The number of anilines is 1. The molecule has 2 rings (SSSR count). The van der Waals surface area contributed by atoms with Crippen LogP contribution in [0.3, 0.4) is 0 Å². The Balaban J connectivity index is 2.11. The van der Waals surface area contributed by atoms with Gasteiger partial charge in [0.05, 0.1) is 6.10 Å². The van der Waals surface area contributed by atoms with Crippen molar-refractivity contribution in [2.24, 2.45) is 11.7 Å². The zero-order valence-corrected chi connectivity index (χ0v) is 11.7. The van der Waals surface area contributed by atoms with Crippen molar-refractivity contribution >= 4 is 11.6 Å². The van der Waals surface area contributed by atoms with E-state index in [0.717, 1.165) is 31.6 Å². The topological polar surface area (TPSA) is 66.6 Å². The fourth-order valence-corrected chi connectivity index (χ4v) is 2.88. The summed E-state index contributed by atoms with van der Waals surface area (Å²) in [7, 11) is 0. The molecule has 0 bridgehead atoms. The lowest BCUT2D eigenvalue weighted by molar-refractivity contribution is -0.119. The van der Waals surface area contributed by atoms with E-state index in [-0.39, 0.29) is 11.7 Å². The summed E-state index contributed by atoms with van der Waals surface area (Å²) in [4.78, 5) is 13.0. The second kappa shape index (κ2) is 6.22. The predicted octanol–water partition coefficient (Wildman–Crippen LogP) is 1.97. The van der Waals surface area contributed by atoms with Crippen LogP contribution >= 0.6 is 0 Å². The highest BCUT2D eigenvalue weighted by atomic mass is 19.1. The van der Waals surface area contributed by atoms with Gasteiger partial charge < -0.3 is 15.7 Å². The van der Waals surface area contributed by atoms with Crippen LogP contribution in [0.2, 0.25) is 0 Å². The number of benzene rings is 1. The molecule has 1 unspecified atom stereocenters. The molecule has 1 heterocycles. The van der Waals surface area contributed by atoms with E-state index in [2.05, 4.69) is 4.90 Å². The molecule has 110 valence electrons. The summed E-state index contributed by atoms with van der Waals surface area (Å²) in [6.45, 7) is 3.07. The van der Waals surface area contributed by atoms with Gasteiger partial charge in [0.15, 0.2) is 0 Å². The van der Waals surface area contributed by atoms with E-state index in [1.54, 1.807) is 13.0 Å². The zero-order valence-electron chi connectivity index (χ0n) is 11.7. The Morgan fingerprint density at radius 2 is 2.15 bits per heavy atom. The van der Waals surface area contributed by atoms with Crippen LogP contribution in [0.1, 0.15) is 37.9 Å². The number of aliphatic hydroxyl groups is 1. The summed E-state index contributed by atoms with van der Waals surface area (Å²) in [5.74, 6) is -0.331. The van der Waals surface area contributed by atoms with E-state index in [1.165, 1.54) is 6.07 Å². The highest BCUT2D eigenvalue weighted by Crippen LogP contribution is 2.32. The van der Waals surface area contributed by atoms with Crippen molar-refractivity contribution in [1.82, 2.24) is 0 Å². The molecular weight excluding hydrogens is 259 g/mol. The first-order valence-corrected chi connectivity index (χ1v) is 6.98. The molecule has 1 saturated heterocycles. The molecule has 0 saturated carbocycles. The van der Waals surface area contributed by atoms with Crippen molar-refractivity contribution in [3.63, 3.8) is 0 Å². The van der Waals surface area contributed by atoms with E-state index < -0.39 is 6.10 Å². The van der Waals surface area contributed by atoms with Crippen LogP contribution < -0.4 is 10.6 Å². The summed E-state index contributed by atoms with van der Waals surface area (Å²) < 4.78 is 13.9. The molecular formula is C15H21FN2O2. The van der Waals surface area contributed by atoms with Crippen LogP contribution in [0.15, 0.2) is 18.2 Å². The van der Waals surface area contributed by atoms with E-state index >= 15 is 0 Å². The maximum Gasteiger partial charge on any atom is 0.217 e. The van der Waals surface area contributed by atoms with Gasteiger partial charge in [-0.15, -0.1) is 0 Å². The van der Waals surface area contributed by atoms with Gasteiger partial charge >= 0.3 is 0 Å². The van der Waals surface area contributed by atoms with Gasteiger partial charge in [-0.25, -0.2) is 4.39 Å². The molecule has 1 fully saturated rings. The van der Waals surface area contributed by atoms with Crippen LogP contribution in [0.25, 0.3) is 0 Å². The summed E-state index contributed by atoms with van der Waals surface area (Å²) in [6, 6.07) is 4.86. The lowest BCUT2D eigenvalue weighted by atomic mass is 9.92. The summed E-state index contributed by atoms with van der Waals surface area (Å²) in [5.41, 5.74) is 6.31. The van der Waals surface area contributed by atoms with Crippen molar-refractivity contribution < 1.29 is 14.3 Å². The quantitative estimate of drug-likeness (QED) is 0.886. The number of hydrogen-bond donors (Lipinski definition) is 2. The minimum atomic E-state index is -0.838. The average molecular weight is 280 g/mol. The number of carbonyl (C=O) groups excluding carboxylic acids is 1. The first-order chi connectivity index (χ1) is 9.49. The van der Waals surface area contributed by atoms with Crippen LogP contribution in [0.5, 0.6) is 0 Å². The molecule has 1 aromatic carbocycles. The normalized spacial score (nSPS) is 18.1. The SMILES string of the molecule is CC(O)c1c(F)cccc1N1CCC(CC(N)=O)CC1. The first-order valence-electron chi connectivity index (χ1n) is 6.98. The monoisotopic (exact) mass is 280 g/mol. The summed E-state index contributed by atoms with van der Waals surface area (Å²) in [5, 5.41) is 9.76. The molecule has 0 aliphatic carbocycles. The zero-order chi connectivity index (χ0) is 14.7. The lowest BCUT2D eigenvalue weighted by Crippen LogP contribution is -2.35. The molecule has 1 atom stereocenters. The molecule has 5 heteroatoms. The Hall–Kier alpha value is -1.62. The van der Waals surface area contributed by atoms with Crippen LogP contribution in [-0.4, -0.2) is 24.1 Å². The predicted molar refractivity (Wildman–Crippen MR) is 75.8 cm³/mol. The second-order valence-corrected chi connectivity index (χ2v) is 5.45. The average Bonchev–Trinajstić information content (AvgIpc) is 2.38. The molecule has 3 N–H and O–H groups in total. The van der Waals surface area contributed by atoms with Crippen LogP contribution in [0, 0.1) is 11.7 Å². The Labute approximate surface area is 118 Å². The number of hydrogen-bond acceptors (Lipinski definition) is 3. The van der Waals surface area contributed by atoms with Gasteiger partial charge in [-0.1, -0.05) is 6.07 Å². The Bertz CT molecular complexity index is 483. The van der Waals surface area contributed by atoms with E-state index in [1.807, 2.05) is 6.07 Å². The number of rotatable bonds is 4. The van der Waals surface area contributed by atoms with E-state index in [4.69, 9.17) is 5.73 Å². The third-order valence-electron chi connectivity index (χ3n) is 3.89. The van der Waals surface area contributed by atoms with Crippen LogP contribution in [0.4, 0.5) is 10.1 Å². The molecule has 1 aliphatic rings. The third-order valence-corrected chi connectivity index (χ3v) is 3.89. The van der Waals surface area contributed by atoms with E-state index in [9.17, 15) is 14.3 Å². The highest BCUT2D eigenvalue weighted by Gasteiger charge is 2.24. The van der Waals surface area contributed by atoms with Crippen molar-refractivity contribution in [3.05, 3.63) is 29.6 Å². The number of amides is 1. The highest BCUT2D eigenvalue weighted by molar-refractivity contribution is 5.74. The molecule has 1 aliphatic heterocycles. The van der Waals surface area contributed by atoms with Gasteiger partial charge in [-0.3, -0.25) is 4.79 Å². The minimum Gasteiger partial charge on any atom is -0.389 e. The van der Waals surface area contributed by atoms with E-state index in [0.29, 0.717) is 17.9 Å². The van der Waals surface area contributed by atoms with Gasteiger partial charge in [-0.05, 0) is 37.8 Å². The van der Waals surface area contributed by atoms with Gasteiger partial charge in [0.1, 0.15) is 5.82 Å². The third kappa shape index (κ3) is 3.28. The van der Waals surface area contributed by atoms with Crippen LogP contribution in [-0.2, 0) is 4.79 Å². The molecule has 4 nitrogen and oxygen atoms in total. The van der Waals surface area contributed by atoms with Gasteiger partial charge in [-0.2, -0.15) is 0 Å². The Kier molecular flexibility index (Phi) is 4.60. The van der Waals surface area contributed by atoms with Crippen molar-refractivity contribution in [2.45, 2.75) is 32.3 Å². The van der Waals surface area contributed by atoms with Crippen molar-refractivity contribution in [2.75, 3.05) is 18.0 Å². The summed E-state index contributed by atoms with van der Waals surface area (Å²) >= 11 is 0. The van der Waals surface area contributed by atoms with Crippen molar-refractivity contribution in [3.8, 4) is 0 Å². The molecule has 0 radical (unpaired) electrons. The fourth-order valence-electron chi connectivity index (χ4n) is 2.88. The number of nitrogens with zero attached hydrogens (tertiary/aromatic N) is 1. The number of nitrogens with two attached hydrogens (primary N) is 1. The van der Waals surface area contributed by atoms with Crippen molar-refractivity contribution in [1.29, 1.82) is 0 Å². The van der Waals surface area contributed by atoms with Gasteiger partial charge in [0.2, 0.25) is 5.91 Å². The number of aliphatic hydroxyl groups excluding tert-OH is 1. The largest absolute Gasteiger partial charge is 0.389 e. The second-order valence-electron chi connectivity index (χ2n) is 5.45. The summed E-state index contributed by atoms with van der Waals surface area (Å²) in [6.07, 6.45) is 1.30. The van der Waals surface area contributed by atoms with Gasteiger partial charge in [0.25, 0.3) is 0 Å². The molecule has 0 spiro atoms. The molecule has 20 heavy (non-hydrogen) atoms. The number of piperidine rings is 1. The first kappa shape index (κ1) is 14.8. The maximum absolute atomic E-state index is 13.9. The molecule has 1 amide bonds. The maximum atomic E-state index is 13.9. The molecule has 0 aromatic heterocycles. The standard InChI is InChI=1S/C15H21FN2O2/c1-10(19)15-12(16)3-2-4-13(15)18-7-5-11(6-8-18)9-14(17)20/h2-4,10-11,19H,5-9H2,1H3,(H2,17,20). The number of halogens is 1. The van der Waals surface area contributed by atoms with Gasteiger partial charge in [0, 0.05) is 30.8 Å². The lowest BCUT2D eigenvalue weighted by Gasteiger charge is -2.35. The minimum absolute atomic E-state index is 0.265. The number of carbonyl (C=O) groups is 1. The fraction of sp³-hybridized carbons (Fsp3) is 0.533. The Morgan fingerprint density at radius 1 is 1.50 bits per heavy atom. The Morgan fingerprint density at radius 3 is 2.70 bits per heavy atom. The smallest absolute Gasteiger partial charge is 0.217 e.